The van der Waals surface area contributed by atoms with Gasteiger partial charge in [-0.25, -0.2) is 8.78 Å². The van der Waals surface area contributed by atoms with Gasteiger partial charge in [-0.2, -0.15) is 0 Å². The molecule has 0 radical (unpaired) electrons. The Bertz CT molecular complexity index is 701. The van der Waals surface area contributed by atoms with Crippen LogP contribution in [0.25, 0.3) is 0 Å². The highest BCUT2D eigenvalue weighted by Crippen LogP contribution is 2.25. The Kier molecular flexibility index (Phi) is 3.84. The highest BCUT2D eigenvalue weighted by molar-refractivity contribution is 7.80. The molecule has 0 saturated carbocycles. The standard InChI is InChI=1S/C16H14F2N2S/c17-12-5-7-15(14(18)9-12)20-16(21)19-13-6-4-10-2-1-3-11(10)8-13/h4-9H,1-3H2,(H2,19,20,21). The summed E-state index contributed by atoms with van der Waals surface area (Å²) in [6.07, 6.45) is 3.39. The van der Waals surface area contributed by atoms with Gasteiger partial charge in [0.15, 0.2) is 5.11 Å². The van der Waals surface area contributed by atoms with Crippen LogP contribution in [0.4, 0.5) is 20.2 Å². The molecule has 0 amide bonds. The number of aryl methyl sites for hydroxylation is 2. The van der Waals surface area contributed by atoms with Gasteiger partial charge in [0.2, 0.25) is 0 Å². The van der Waals surface area contributed by atoms with Gasteiger partial charge < -0.3 is 10.6 Å². The van der Waals surface area contributed by atoms with Crippen LogP contribution in [0.5, 0.6) is 0 Å². The number of nitrogens with one attached hydrogen (secondary N) is 2. The average Bonchev–Trinajstić information content (AvgIpc) is 2.89. The first-order chi connectivity index (χ1) is 10.1. The van der Waals surface area contributed by atoms with Gasteiger partial charge in [-0.1, -0.05) is 6.07 Å². The Morgan fingerprint density at radius 3 is 2.57 bits per heavy atom. The number of thiocarbonyl (C=S) groups is 1. The van der Waals surface area contributed by atoms with Gasteiger partial charge in [0.1, 0.15) is 11.6 Å². The summed E-state index contributed by atoms with van der Waals surface area (Å²) < 4.78 is 26.4. The summed E-state index contributed by atoms with van der Waals surface area (Å²) in [7, 11) is 0. The van der Waals surface area contributed by atoms with Crippen molar-refractivity contribution < 1.29 is 8.78 Å². The van der Waals surface area contributed by atoms with E-state index < -0.39 is 11.6 Å². The lowest BCUT2D eigenvalue weighted by Crippen LogP contribution is -2.19. The van der Waals surface area contributed by atoms with Crippen molar-refractivity contribution in [2.24, 2.45) is 0 Å². The molecule has 0 spiro atoms. The van der Waals surface area contributed by atoms with Gasteiger partial charge in [0.25, 0.3) is 0 Å². The molecule has 2 nitrogen and oxygen atoms in total. The summed E-state index contributed by atoms with van der Waals surface area (Å²) in [5, 5.41) is 6.03. The molecular weight excluding hydrogens is 290 g/mol. The first kappa shape index (κ1) is 13.9. The molecule has 0 fully saturated rings. The summed E-state index contributed by atoms with van der Waals surface area (Å²) in [4.78, 5) is 0. The number of anilines is 2. The van der Waals surface area contributed by atoms with E-state index in [0.717, 1.165) is 24.6 Å². The summed E-state index contributed by atoms with van der Waals surface area (Å²) in [5.74, 6) is -1.29. The van der Waals surface area contributed by atoms with Crippen LogP contribution < -0.4 is 10.6 Å². The van der Waals surface area contributed by atoms with Crippen molar-refractivity contribution in [3.8, 4) is 0 Å². The van der Waals surface area contributed by atoms with E-state index in [9.17, 15) is 8.78 Å². The molecule has 0 atom stereocenters. The lowest BCUT2D eigenvalue weighted by atomic mass is 10.1. The van der Waals surface area contributed by atoms with E-state index in [-0.39, 0.29) is 10.8 Å². The van der Waals surface area contributed by atoms with E-state index in [2.05, 4.69) is 22.8 Å². The van der Waals surface area contributed by atoms with Gasteiger partial charge >= 0.3 is 0 Å². The van der Waals surface area contributed by atoms with Crippen LogP contribution in [-0.4, -0.2) is 5.11 Å². The van der Waals surface area contributed by atoms with Crippen LogP contribution in [0.15, 0.2) is 36.4 Å². The van der Waals surface area contributed by atoms with Crippen molar-refractivity contribution in [2.75, 3.05) is 10.6 Å². The molecule has 5 heteroatoms. The molecule has 0 heterocycles. The van der Waals surface area contributed by atoms with Crippen LogP contribution in [0.2, 0.25) is 0 Å². The summed E-state index contributed by atoms with van der Waals surface area (Å²) in [6.45, 7) is 0. The largest absolute Gasteiger partial charge is 0.332 e. The van der Waals surface area contributed by atoms with E-state index in [1.165, 1.54) is 29.7 Å². The Balaban J connectivity index is 1.69. The van der Waals surface area contributed by atoms with Crippen molar-refractivity contribution in [3.63, 3.8) is 0 Å². The first-order valence-electron chi connectivity index (χ1n) is 6.77. The molecule has 0 aromatic heterocycles. The highest BCUT2D eigenvalue weighted by Gasteiger charge is 2.11. The second kappa shape index (κ2) is 5.77. The summed E-state index contributed by atoms with van der Waals surface area (Å²) >= 11 is 5.16. The molecule has 2 aromatic rings. The second-order valence-electron chi connectivity index (χ2n) is 5.04. The third-order valence-corrected chi connectivity index (χ3v) is 3.74. The predicted octanol–water partition coefficient (Wildman–Crippen LogP) is 4.26. The van der Waals surface area contributed by atoms with E-state index in [4.69, 9.17) is 12.2 Å². The molecule has 108 valence electrons. The third-order valence-electron chi connectivity index (χ3n) is 3.54. The number of fused-ring (bicyclic) bond motifs is 1. The maximum atomic E-state index is 13.5. The number of benzene rings is 2. The molecule has 0 bridgehead atoms. The van der Waals surface area contributed by atoms with E-state index in [1.54, 1.807) is 0 Å². The zero-order chi connectivity index (χ0) is 14.8. The molecule has 0 aliphatic heterocycles. The van der Waals surface area contributed by atoms with Crippen LogP contribution in [-0.2, 0) is 12.8 Å². The van der Waals surface area contributed by atoms with E-state index in [0.29, 0.717) is 0 Å². The molecule has 2 N–H and O–H groups in total. The normalized spacial score (nSPS) is 12.9. The van der Waals surface area contributed by atoms with Gasteiger partial charge in [-0.15, -0.1) is 0 Å². The van der Waals surface area contributed by atoms with Crippen LogP contribution in [0.1, 0.15) is 17.5 Å². The van der Waals surface area contributed by atoms with E-state index >= 15 is 0 Å². The Labute approximate surface area is 127 Å². The van der Waals surface area contributed by atoms with Gasteiger partial charge in [-0.3, -0.25) is 0 Å². The van der Waals surface area contributed by atoms with Crippen molar-refractivity contribution >= 4 is 28.7 Å². The van der Waals surface area contributed by atoms with Crippen LogP contribution in [0, 0.1) is 11.6 Å². The lowest BCUT2D eigenvalue weighted by Gasteiger charge is -2.12. The van der Waals surface area contributed by atoms with E-state index in [1.807, 2.05) is 6.07 Å². The smallest absolute Gasteiger partial charge is 0.175 e. The quantitative estimate of drug-likeness (QED) is 0.811. The minimum Gasteiger partial charge on any atom is -0.332 e. The highest BCUT2D eigenvalue weighted by atomic mass is 32.1. The SMILES string of the molecule is Fc1ccc(NC(=S)Nc2ccc3c(c2)CCC3)c(F)c1. The number of halogens is 2. The molecule has 1 aliphatic carbocycles. The molecule has 21 heavy (non-hydrogen) atoms. The maximum absolute atomic E-state index is 13.5. The molecule has 2 aromatic carbocycles. The number of rotatable bonds is 2. The maximum Gasteiger partial charge on any atom is 0.175 e. The topological polar surface area (TPSA) is 24.1 Å². The van der Waals surface area contributed by atoms with Crippen LogP contribution in [0.3, 0.4) is 0 Å². The average molecular weight is 304 g/mol. The van der Waals surface area contributed by atoms with Gasteiger partial charge in [0, 0.05) is 11.8 Å². The lowest BCUT2D eigenvalue weighted by molar-refractivity contribution is 0.586. The minimum absolute atomic E-state index is 0.148. The zero-order valence-electron chi connectivity index (χ0n) is 11.2. The van der Waals surface area contributed by atoms with Crippen molar-refractivity contribution in [2.45, 2.75) is 19.3 Å². The fourth-order valence-electron chi connectivity index (χ4n) is 2.53. The summed E-state index contributed by atoms with van der Waals surface area (Å²) in [6, 6.07) is 9.44. The predicted molar refractivity (Wildman–Crippen MR) is 84.7 cm³/mol. The molecule has 0 unspecified atom stereocenters. The van der Waals surface area contributed by atoms with Crippen molar-refractivity contribution in [1.82, 2.24) is 0 Å². The molecule has 0 saturated heterocycles. The Morgan fingerprint density at radius 2 is 1.76 bits per heavy atom. The van der Waals surface area contributed by atoms with Crippen LogP contribution >= 0.6 is 12.2 Å². The Morgan fingerprint density at radius 1 is 0.952 bits per heavy atom. The zero-order valence-corrected chi connectivity index (χ0v) is 12.1. The fraction of sp³-hybridized carbons (Fsp3) is 0.188. The Hall–Kier alpha value is -2.01. The minimum atomic E-state index is -0.673. The number of hydrogen-bond donors (Lipinski definition) is 2. The van der Waals surface area contributed by atoms with Crippen molar-refractivity contribution in [3.05, 3.63) is 59.2 Å². The number of hydrogen-bond acceptors (Lipinski definition) is 1. The van der Waals surface area contributed by atoms with Gasteiger partial charge in [-0.05, 0) is 66.9 Å². The fourth-order valence-corrected chi connectivity index (χ4v) is 2.75. The van der Waals surface area contributed by atoms with Crippen molar-refractivity contribution in [1.29, 1.82) is 0 Å². The first-order valence-corrected chi connectivity index (χ1v) is 7.17. The summed E-state index contributed by atoms with van der Waals surface area (Å²) in [5.41, 5.74) is 3.73. The molecular formula is C16H14F2N2S. The second-order valence-corrected chi connectivity index (χ2v) is 5.45. The molecule has 3 rings (SSSR count). The monoisotopic (exact) mass is 304 g/mol. The van der Waals surface area contributed by atoms with Gasteiger partial charge in [0.05, 0.1) is 5.69 Å². The molecule has 1 aliphatic rings. The third kappa shape index (κ3) is 3.19.